The van der Waals surface area contributed by atoms with Gasteiger partial charge in [0.05, 0.1) is 0 Å². The summed E-state index contributed by atoms with van der Waals surface area (Å²) in [6, 6.07) is 0. The number of rotatable bonds is 6. The minimum atomic E-state index is -0.926. The van der Waals surface area contributed by atoms with Crippen molar-refractivity contribution < 1.29 is 24.2 Å². The van der Waals surface area contributed by atoms with Crippen LogP contribution in [0.4, 0.5) is 0 Å². The highest BCUT2D eigenvalue weighted by Gasteiger charge is 2.65. The molecule has 0 amide bonds. The average molecular weight is 509 g/mol. The van der Waals surface area contributed by atoms with Gasteiger partial charge >= 0.3 is 11.9 Å². The van der Waals surface area contributed by atoms with Gasteiger partial charge in [-0.2, -0.15) is 0 Å². The smallest absolute Gasteiger partial charge is 0.331 e. The molecule has 0 aromatic heterocycles. The van der Waals surface area contributed by atoms with Crippen LogP contribution in [0, 0.1) is 28.1 Å². The van der Waals surface area contributed by atoms with E-state index in [-0.39, 0.29) is 45.6 Å². The van der Waals surface area contributed by atoms with Crippen molar-refractivity contribution in [1.29, 1.82) is 0 Å². The molecule has 2 unspecified atom stereocenters. The summed E-state index contributed by atoms with van der Waals surface area (Å²) in [5.74, 6) is -0.184. The van der Waals surface area contributed by atoms with Gasteiger partial charge < -0.3 is 9.84 Å². The molecule has 0 bridgehead atoms. The van der Waals surface area contributed by atoms with Gasteiger partial charge in [-0.25, -0.2) is 4.79 Å². The van der Waals surface area contributed by atoms with Crippen molar-refractivity contribution in [1.82, 2.24) is 0 Å². The molecule has 3 fully saturated rings. The second kappa shape index (κ2) is 10.6. The number of carboxylic acid groups (broad SMARTS) is 1. The lowest BCUT2D eigenvalue weighted by molar-refractivity contribution is -0.185. The van der Waals surface area contributed by atoms with Crippen molar-refractivity contribution >= 4 is 17.7 Å². The molecule has 1 N–H and O–H groups in total. The first-order valence-corrected chi connectivity index (χ1v) is 13.5. The lowest BCUT2D eigenvalue weighted by Gasteiger charge is -2.62. The number of carbonyl (C=O) groups is 3. The van der Waals surface area contributed by atoms with Gasteiger partial charge in [0.15, 0.2) is 5.78 Å². The number of hydrogen-bond acceptors (Lipinski definition) is 4. The van der Waals surface area contributed by atoms with E-state index in [4.69, 9.17) is 9.84 Å². The van der Waals surface area contributed by atoms with Gasteiger partial charge in [0.1, 0.15) is 6.10 Å². The van der Waals surface area contributed by atoms with Gasteiger partial charge in [0.2, 0.25) is 0 Å². The Balaban J connectivity index is 1.85. The fraction of sp³-hybridized carbons (Fsp3) is 0.594. The number of carboxylic acids is 1. The number of carbonyl (C=O) groups excluding carboxylic acids is 2. The molecule has 0 heterocycles. The van der Waals surface area contributed by atoms with Gasteiger partial charge in [-0.3, -0.25) is 9.59 Å². The zero-order valence-electron chi connectivity index (χ0n) is 23.8. The number of ether oxygens (including phenoxy) is 1. The third-order valence-corrected chi connectivity index (χ3v) is 9.68. The molecule has 0 aliphatic heterocycles. The van der Waals surface area contributed by atoms with Gasteiger partial charge in [-0.15, -0.1) is 0 Å². The summed E-state index contributed by atoms with van der Waals surface area (Å²) in [5, 5.41) is 8.95. The van der Waals surface area contributed by atoms with Gasteiger partial charge in [-0.1, -0.05) is 69.7 Å². The minimum Gasteiger partial charge on any atom is -0.478 e. The SMILES string of the molecule is CC(=O)O[C@H]1CC[C@@]2(C)C(CCC3(C)\C(=C(C)/C=C/C=C(C)/C=C/C=C(\C)C(=O)O)C(=O)C[C@H]32)C1(C)C. The fourth-order valence-electron chi connectivity index (χ4n) is 7.87. The minimum absolute atomic E-state index is 0.0252. The van der Waals surface area contributed by atoms with Crippen molar-refractivity contribution in [2.75, 3.05) is 0 Å². The van der Waals surface area contributed by atoms with Gasteiger partial charge in [-0.05, 0) is 69.3 Å². The first-order valence-electron chi connectivity index (χ1n) is 13.5. The lowest BCUT2D eigenvalue weighted by atomic mass is 9.43. The van der Waals surface area contributed by atoms with Crippen molar-refractivity contribution in [2.45, 2.75) is 93.6 Å². The third kappa shape index (κ3) is 5.46. The fourth-order valence-corrected chi connectivity index (χ4v) is 7.87. The summed E-state index contributed by atoms with van der Waals surface area (Å²) in [7, 11) is 0. The molecular formula is C32H44O5. The van der Waals surface area contributed by atoms with Crippen molar-refractivity contribution in [3.05, 3.63) is 58.7 Å². The standard InChI is InChI=1S/C32H44O5/c1-20(12-10-14-22(3)29(35)36)11-9-13-21(2)28-24(34)19-26-31(7)18-16-27(37-23(4)33)30(5,6)25(31)15-17-32(26,28)8/h9-14,25-27H,15-19H2,1-8H3,(H,35,36)/b12-10+,13-9+,20-11+,22-14+,28-21-/t25?,26-,27-,31-,32?/m0/s1. The molecule has 37 heavy (non-hydrogen) atoms. The average Bonchev–Trinajstić information content (AvgIpc) is 3.06. The predicted molar refractivity (Wildman–Crippen MR) is 147 cm³/mol. The molecule has 202 valence electrons. The van der Waals surface area contributed by atoms with Gasteiger partial charge in [0.25, 0.3) is 0 Å². The Morgan fingerprint density at radius 3 is 2.19 bits per heavy atom. The summed E-state index contributed by atoms with van der Waals surface area (Å²) in [5.41, 5.74) is 3.03. The van der Waals surface area contributed by atoms with Crippen LogP contribution in [0.3, 0.4) is 0 Å². The van der Waals surface area contributed by atoms with Crippen molar-refractivity contribution in [3.8, 4) is 0 Å². The molecule has 0 spiro atoms. The molecule has 0 radical (unpaired) electrons. The number of Topliss-reactive ketones (excluding diaryl/α,β-unsaturated/α-hetero) is 1. The monoisotopic (exact) mass is 508 g/mol. The Labute approximate surface area is 222 Å². The van der Waals surface area contributed by atoms with E-state index < -0.39 is 5.97 Å². The van der Waals surface area contributed by atoms with Crippen LogP contribution < -0.4 is 0 Å². The Morgan fingerprint density at radius 1 is 0.919 bits per heavy atom. The molecule has 3 aliphatic rings. The maximum atomic E-state index is 13.5. The predicted octanol–water partition coefficient (Wildman–Crippen LogP) is 7.16. The van der Waals surface area contributed by atoms with E-state index in [0.717, 1.165) is 42.4 Å². The molecule has 0 aromatic carbocycles. The summed E-state index contributed by atoms with van der Waals surface area (Å²) in [6.07, 6.45) is 15.5. The topological polar surface area (TPSA) is 80.7 Å². The molecule has 3 rings (SSSR count). The highest BCUT2D eigenvalue weighted by atomic mass is 16.5. The van der Waals surface area contributed by atoms with E-state index >= 15 is 0 Å². The van der Waals surface area contributed by atoms with Crippen LogP contribution in [-0.4, -0.2) is 28.9 Å². The van der Waals surface area contributed by atoms with E-state index in [2.05, 4.69) is 27.7 Å². The van der Waals surface area contributed by atoms with Crippen LogP contribution in [0.25, 0.3) is 0 Å². The molecule has 3 saturated carbocycles. The van der Waals surface area contributed by atoms with Crippen LogP contribution in [0.1, 0.15) is 87.5 Å². The molecule has 0 saturated heterocycles. The summed E-state index contributed by atoms with van der Waals surface area (Å²) >= 11 is 0. The Morgan fingerprint density at radius 2 is 1.57 bits per heavy atom. The quantitative estimate of drug-likeness (QED) is 0.234. The summed E-state index contributed by atoms with van der Waals surface area (Å²) in [6.45, 7) is 16.2. The van der Waals surface area contributed by atoms with Crippen LogP contribution in [0.15, 0.2) is 58.7 Å². The first kappa shape index (κ1) is 28.9. The first-order chi connectivity index (χ1) is 17.1. The Kier molecular flexibility index (Phi) is 8.26. The molecule has 5 nitrogen and oxygen atoms in total. The van der Waals surface area contributed by atoms with E-state index in [9.17, 15) is 14.4 Å². The number of fused-ring (bicyclic) bond motifs is 3. The highest BCUT2D eigenvalue weighted by molar-refractivity contribution is 6.00. The Hall–Kier alpha value is -2.69. The number of hydrogen-bond donors (Lipinski definition) is 1. The molecular weight excluding hydrogens is 464 g/mol. The Bertz CT molecular complexity index is 1110. The van der Waals surface area contributed by atoms with E-state index in [1.807, 2.05) is 38.2 Å². The second-order valence-corrected chi connectivity index (χ2v) is 12.5. The number of allylic oxidation sites excluding steroid dienone is 9. The van der Waals surface area contributed by atoms with Gasteiger partial charge in [0, 0.05) is 35.3 Å². The molecule has 5 atom stereocenters. The van der Waals surface area contributed by atoms with Crippen LogP contribution in [0.2, 0.25) is 0 Å². The van der Waals surface area contributed by atoms with Crippen LogP contribution in [0.5, 0.6) is 0 Å². The van der Waals surface area contributed by atoms with Crippen LogP contribution >= 0.6 is 0 Å². The zero-order valence-corrected chi connectivity index (χ0v) is 23.8. The van der Waals surface area contributed by atoms with Crippen LogP contribution in [-0.2, 0) is 19.1 Å². The third-order valence-electron chi connectivity index (χ3n) is 9.68. The normalized spacial score (nSPS) is 35.5. The lowest BCUT2D eigenvalue weighted by Crippen LogP contribution is -2.58. The largest absolute Gasteiger partial charge is 0.478 e. The zero-order chi connectivity index (χ0) is 27.8. The summed E-state index contributed by atoms with van der Waals surface area (Å²) in [4.78, 5) is 36.1. The van der Waals surface area contributed by atoms with Crippen molar-refractivity contribution in [3.63, 3.8) is 0 Å². The highest BCUT2D eigenvalue weighted by Crippen LogP contribution is 2.69. The van der Waals surface area contributed by atoms with Crippen molar-refractivity contribution in [2.24, 2.45) is 28.1 Å². The maximum absolute atomic E-state index is 13.5. The number of aliphatic carboxylic acids is 1. The second-order valence-electron chi connectivity index (χ2n) is 12.5. The maximum Gasteiger partial charge on any atom is 0.331 e. The number of esters is 1. The number of ketones is 1. The van der Waals surface area contributed by atoms with E-state index in [1.54, 1.807) is 19.1 Å². The molecule has 3 aliphatic carbocycles. The van der Waals surface area contributed by atoms with E-state index in [0.29, 0.717) is 12.3 Å². The molecule has 5 heteroatoms. The molecule has 0 aromatic rings. The van der Waals surface area contributed by atoms with E-state index in [1.165, 1.54) is 6.92 Å². The summed E-state index contributed by atoms with van der Waals surface area (Å²) < 4.78 is 5.76.